The zero-order valence-corrected chi connectivity index (χ0v) is 12.9. The van der Waals surface area contributed by atoms with Crippen molar-refractivity contribution in [2.75, 3.05) is 26.8 Å². The number of carbonyl (C=O) groups is 1. The number of carbonyl (C=O) groups excluding carboxylic acids is 1. The van der Waals surface area contributed by atoms with Crippen molar-refractivity contribution >= 4 is 5.91 Å². The van der Waals surface area contributed by atoms with E-state index in [4.69, 9.17) is 4.74 Å². The van der Waals surface area contributed by atoms with Gasteiger partial charge in [-0.15, -0.1) is 0 Å². The Labute approximate surface area is 117 Å². The van der Waals surface area contributed by atoms with Crippen LogP contribution >= 0.6 is 0 Å². The Kier molecular flexibility index (Phi) is 7.39. The maximum atomic E-state index is 12.8. The van der Waals surface area contributed by atoms with Crippen LogP contribution in [0.1, 0.15) is 46.5 Å². The second-order valence-corrected chi connectivity index (χ2v) is 5.57. The summed E-state index contributed by atoms with van der Waals surface area (Å²) in [6.07, 6.45) is 3.97. The monoisotopic (exact) mass is 270 g/mol. The highest BCUT2D eigenvalue weighted by atomic mass is 16.5. The SMILES string of the molecule is CCC(CC)N(CCOC)C(=O)C1CCNC(C)C1. The Morgan fingerprint density at radius 1 is 1.42 bits per heavy atom. The van der Waals surface area contributed by atoms with Gasteiger partial charge in [0.15, 0.2) is 0 Å². The summed E-state index contributed by atoms with van der Waals surface area (Å²) < 4.78 is 5.16. The lowest BCUT2D eigenvalue weighted by Crippen LogP contribution is -2.48. The minimum absolute atomic E-state index is 0.189. The van der Waals surface area contributed by atoms with Crippen molar-refractivity contribution < 1.29 is 9.53 Å². The average molecular weight is 270 g/mol. The zero-order chi connectivity index (χ0) is 14.3. The van der Waals surface area contributed by atoms with E-state index in [2.05, 4.69) is 31.0 Å². The second kappa shape index (κ2) is 8.54. The Bertz CT molecular complexity index is 267. The molecule has 0 aromatic carbocycles. The van der Waals surface area contributed by atoms with Crippen molar-refractivity contribution in [3.63, 3.8) is 0 Å². The Balaban J connectivity index is 2.68. The van der Waals surface area contributed by atoms with E-state index < -0.39 is 0 Å². The molecule has 1 aliphatic heterocycles. The topological polar surface area (TPSA) is 41.6 Å². The number of methoxy groups -OCH3 is 1. The van der Waals surface area contributed by atoms with Gasteiger partial charge in [0.2, 0.25) is 5.91 Å². The summed E-state index contributed by atoms with van der Waals surface area (Å²) in [7, 11) is 1.70. The lowest BCUT2D eigenvalue weighted by Gasteiger charge is -2.36. The van der Waals surface area contributed by atoms with Crippen molar-refractivity contribution in [1.82, 2.24) is 10.2 Å². The summed E-state index contributed by atoms with van der Waals surface area (Å²) >= 11 is 0. The third kappa shape index (κ3) is 4.77. The van der Waals surface area contributed by atoms with Crippen LogP contribution in [0.15, 0.2) is 0 Å². The average Bonchev–Trinajstić information content (AvgIpc) is 2.43. The molecule has 1 aliphatic rings. The Morgan fingerprint density at radius 2 is 2.11 bits per heavy atom. The van der Waals surface area contributed by atoms with E-state index in [9.17, 15) is 4.79 Å². The van der Waals surface area contributed by atoms with E-state index in [1.165, 1.54) is 0 Å². The first-order chi connectivity index (χ1) is 9.13. The number of amides is 1. The van der Waals surface area contributed by atoms with Gasteiger partial charge in [-0.3, -0.25) is 4.79 Å². The van der Waals surface area contributed by atoms with Gasteiger partial charge in [-0.1, -0.05) is 13.8 Å². The van der Waals surface area contributed by atoms with Crippen LogP contribution in [0.5, 0.6) is 0 Å². The first-order valence-electron chi connectivity index (χ1n) is 7.66. The van der Waals surface area contributed by atoms with Crippen molar-refractivity contribution in [3.05, 3.63) is 0 Å². The molecule has 19 heavy (non-hydrogen) atoms. The highest BCUT2D eigenvalue weighted by Crippen LogP contribution is 2.21. The third-order valence-electron chi connectivity index (χ3n) is 4.18. The van der Waals surface area contributed by atoms with Crippen LogP contribution in [0.2, 0.25) is 0 Å². The maximum Gasteiger partial charge on any atom is 0.226 e. The fourth-order valence-corrected chi connectivity index (χ4v) is 2.98. The molecule has 0 spiro atoms. The van der Waals surface area contributed by atoms with Crippen molar-refractivity contribution in [3.8, 4) is 0 Å². The largest absolute Gasteiger partial charge is 0.383 e. The summed E-state index contributed by atoms with van der Waals surface area (Å²) in [5.41, 5.74) is 0. The first-order valence-corrected chi connectivity index (χ1v) is 7.66. The molecule has 0 aliphatic carbocycles. The zero-order valence-electron chi connectivity index (χ0n) is 12.9. The van der Waals surface area contributed by atoms with Gasteiger partial charge >= 0.3 is 0 Å². The Morgan fingerprint density at radius 3 is 2.63 bits per heavy atom. The van der Waals surface area contributed by atoms with E-state index in [-0.39, 0.29) is 5.92 Å². The van der Waals surface area contributed by atoms with Crippen LogP contribution in [-0.2, 0) is 9.53 Å². The number of nitrogens with zero attached hydrogens (tertiary/aromatic N) is 1. The molecule has 4 nitrogen and oxygen atoms in total. The molecule has 1 saturated heterocycles. The minimum atomic E-state index is 0.189. The number of hydrogen-bond donors (Lipinski definition) is 1. The molecule has 0 saturated carbocycles. The Hall–Kier alpha value is -0.610. The molecule has 1 heterocycles. The normalized spacial score (nSPS) is 23.6. The van der Waals surface area contributed by atoms with Gasteiger partial charge in [0.25, 0.3) is 0 Å². The van der Waals surface area contributed by atoms with Gasteiger partial charge < -0.3 is 15.0 Å². The number of nitrogens with one attached hydrogen (secondary N) is 1. The molecule has 4 heteroatoms. The summed E-state index contributed by atoms with van der Waals surface area (Å²) in [5.74, 6) is 0.521. The minimum Gasteiger partial charge on any atom is -0.383 e. The lowest BCUT2D eigenvalue weighted by atomic mass is 9.91. The standard InChI is InChI=1S/C15H30N2O2/c1-5-14(6-2)17(9-10-19-4)15(18)13-7-8-16-12(3)11-13/h12-14,16H,5-11H2,1-4H3. The molecule has 1 fully saturated rings. The van der Waals surface area contributed by atoms with E-state index in [0.29, 0.717) is 24.6 Å². The fraction of sp³-hybridized carbons (Fsp3) is 0.933. The molecule has 0 aromatic rings. The lowest BCUT2D eigenvalue weighted by molar-refractivity contribution is -0.140. The van der Waals surface area contributed by atoms with E-state index in [1.54, 1.807) is 7.11 Å². The molecule has 2 unspecified atom stereocenters. The number of hydrogen-bond acceptors (Lipinski definition) is 3. The van der Waals surface area contributed by atoms with Crippen LogP contribution < -0.4 is 5.32 Å². The van der Waals surface area contributed by atoms with Gasteiger partial charge in [0, 0.05) is 31.7 Å². The van der Waals surface area contributed by atoms with E-state index in [0.717, 1.165) is 38.8 Å². The molecule has 0 bridgehead atoms. The molecular formula is C15H30N2O2. The van der Waals surface area contributed by atoms with Crippen molar-refractivity contribution in [2.45, 2.75) is 58.5 Å². The molecule has 2 atom stereocenters. The molecule has 1 N–H and O–H groups in total. The van der Waals surface area contributed by atoms with Gasteiger partial charge in [0.05, 0.1) is 6.61 Å². The van der Waals surface area contributed by atoms with Crippen molar-refractivity contribution in [2.24, 2.45) is 5.92 Å². The van der Waals surface area contributed by atoms with Gasteiger partial charge in [0.1, 0.15) is 0 Å². The molecule has 112 valence electrons. The van der Waals surface area contributed by atoms with Gasteiger partial charge in [-0.05, 0) is 39.2 Å². The molecule has 1 amide bonds. The summed E-state index contributed by atoms with van der Waals surface area (Å²) in [5, 5.41) is 3.41. The van der Waals surface area contributed by atoms with E-state index in [1.807, 2.05) is 0 Å². The quantitative estimate of drug-likeness (QED) is 0.770. The van der Waals surface area contributed by atoms with E-state index >= 15 is 0 Å². The summed E-state index contributed by atoms with van der Waals surface area (Å²) in [6, 6.07) is 0.807. The predicted molar refractivity (Wildman–Crippen MR) is 78.1 cm³/mol. The van der Waals surface area contributed by atoms with Gasteiger partial charge in [-0.2, -0.15) is 0 Å². The number of ether oxygens (including phenoxy) is 1. The second-order valence-electron chi connectivity index (χ2n) is 5.57. The maximum absolute atomic E-state index is 12.8. The summed E-state index contributed by atoms with van der Waals surface area (Å²) in [6.45, 7) is 8.79. The smallest absolute Gasteiger partial charge is 0.226 e. The highest BCUT2D eigenvalue weighted by molar-refractivity contribution is 5.79. The number of piperidine rings is 1. The first kappa shape index (κ1) is 16.4. The van der Waals surface area contributed by atoms with Gasteiger partial charge in [-0.25, -0.2) is 0 Å². The van der Waals surface area contributed by atoms with Crippen LogP contribution in [0.3, 0.4) is 0 Å². The highest BCUT2D eigenvalue weighted by Gasteiger charge is 2.30. The summed E-state index contributed by atoms with van der Waals surface area (Å²) in [4.78, 5) is 14.8. The van der Waals surface area contributed by atoms with Crippen LogP contribution in [0.4, 0.5) is 0 Å². The molecule has 0 aromatic heterocycles. The van der Waals surface area contributed by atoms with Crippen LogP contribution in [0.25, 0.3) is 0 Å². The molecular weight excluding hydrogens is 240 g/mol. The fourth-order valence-electron chi connectivity index (χ4n) is 2.98. The third-order valence-corrected chi connectivity index (χ3v) is 4.18. The predicted octanol–water partition coefficient (Wildman–Crippen LogP) is 2.04. The molecule has 0 radical (unpaired) electrons. The van der Waals surface area contributed by atoms with Crippen LogP contribution in [0, 0.1) is 5.92 Å². The molecule has 1 rings (SSSR count). The van der Waals surface area contributed by atoms with Crippen molar-refractivity contribution in [1.29, 1.82) is 0 Å². The number of rotatable bonds is 7. The van der Waals surface area contributed by atoms with Crippen LogP contribution in [-0.4, -0.2) is 49.7 Å².